The number of ether oxygens (including phenoxy) is 2. The van der Waals surface area contributed by atoms with Crippen LogP contribution >= 0.6 is 0 Å². The number of nitrogens with zero attached hydrogens (tertiary/aromatic N) is 5. The van der Waals surface area contributed by atoms with Crippen molar-refractivity contribution in [3.8, 4) is 11.5 Å². The molecule has 0 bridgehead atoms. The van der Waals surface area contributed by atoms with Crippen LogP contribution in [-0.2, 0) is 5.41 Å². The average Bonchev–Trinajstić information content (AvgIpc) is 3.33. The molecule has 3 aromatic rings. The lowest BCUT2D eigenvalue weighted by molar-refractivity contribution is 0.395. The number of hydrogen-bond acceptors (Lipinski definition) is 6. The summed E-state index contributed by atoms with van der Waals surface area (Å²) in [6.45, 7) is 7.31. The smallest absolute Gasteiger partial charge is 0.178 e. The molecule has 1 atom stereocenters. The predicted octanol–water partition coefficient (Wildman–Crippen LogP) is 3.78. The number of methoxy groups -OCH3 is 2. The molecule has 1 aliphatic rings. The summed E-state index contributed by atoms with van der Waals surface area (Å²) in [5.41, 5.74) is 1.76. The Kier molecular flexibility index (Phi) is 4.61. The molecule has 1 unspecified atom stereocenters. The van der Waals surface area contributed by atoms with Gasteiger partial charge in [0.05, 0.1) is 20.3 Å². The Hall–Kier alpha value is -2.83. The second-order valence-electron chi connectivity index (χ2n) is 8.19. The van der Waals surface area contributed by atoms with Gasteiger partial charge in [-0.15, -0.1) is 15.3 Å². The van der Waals surface area contributed by atoms with Gasteiger partial charge in [0.2, 0.25) is 0 Å². The predicted molar refractivity (Wildman–Crippen MR) is 108 cm³/mol. The third kappa shape index (κ3) is 3.15. The molecule has 0 N–H and O–H groups in total. The van der Waals surface area contributed by atoms with E-state index in [0.29, 0.717) is 0 Å². The molecule has 148 valence electrons. The molecule has 1 aromatic carbocycles. The highest BCUT2D eigenvalue weighted by molar-refractivity contribution is 5.52. The summed E-state index contributed by atoms with van der Waals surface area (Å²) in [5.74, 6) is 3.49. The molecule has 0 saturated carbocycles. The summed E-state index contributed by atoms with van der Waals surface area (Å²) >= 11 is 0. The summed E-state index contributed by atoms with van der Waals surface area (Å²) in [4.78, 5) is 2.34. The number of rotatable bonds is 4. The second kappa shape index (κ2) is 6.96. The van der Waals surface area contributed by atoms with Crippen LogP contribution in [0.25, 0.3) is 5.65 Å². The topological polar surface area (TPSA) is 64.8 Å². The molecule has 7 nitrogen and oxygen atoms in total. The third-order valence-electron chi connectivity index (χ3n) is 5.26. The highest BCUT2D eigenvalue weighted by Crippen LogP contribution is 2.40. The van der Waals surface area contributed by atoms with Gasteiger partial charge in [-0.25, -0.2) is 0 Å². The van der Waals surface area contributed by atoms with E-state index >= 15 is 0 Å². The Balaban J connectivity index is 1.77. The molecular weight excluding hydrogens is 354 g/mol. The maximum atomic E-state index is 5.64. The van der Waals surface area contributed by atoms with E-state index in [1.807, 2.05) is 28.8 Å². The normalized spacial score (nSPS) is 17.3. The molecule has 0 spiro atoms. The highest BCUT2D eigenvalue weighted by Gasteiger charge is 2.31. The quantitative estimate of drug-likeness (QED) is 0.685. The van der Waals surface area contributed by atoms with Gasteiger partial charge in [-0.3, -0.25) is 0 Å². The molecule has 1 saturated heterocycles. The minimum atomic E-state index is -0.133. The molecule has 0 radical (unpaired) electrons. The van der Waals surface area contributed by atoms with Crippen LogP contribution in [0.5, 0.6) is 11.5 Å². The zero-order chi connectivity index (χ0) is 19.9. The molecule has 7 heteroatoms. The first kappa shape index (κ1) is 18.5. The van der Waals surface area contributed by atoms with E-state index < -0.39 is 0 Å². The van der Waals surface area contributed by atoms with Crippen molar-refractivity contribution in [2.75, 3.05) is 25.7 Å². The first-order chi connectivity index (χ1) is 13.4. The first-order valence-electron chi connectivity index (χ1n) is 9.64. The van der Waals surface area contributed by atoms with Gasteiger partial charge in [-0.1, -0.05) is 20.8 Å². The molecule has 28 heavy (non-hydrogen) atoms. The van der Waals surface area contributed by atoms with Crippen molar-refractivity contribution in [1.82, 2.24) is 19.8 Å². The Morgan fingerprint density at radius 1 is 1.04 bits per heavy atom. The zero-order valence-electron chi connectivity index (χ0n) is 17.1. The summed E-state index contributed by atoms with van der Waals surface area (Å²) in [7, 11) is 3.40. The van der Waals surface area contributed by atoms with E-state index in [9.17, 15) is 0 Å². The van der Waals surface area contributed by atoms with Gasteiger partial charge < -0.3 is 14.4 Å². The van der Waals surface area contributed by atoms with Crippen LogP contribution in [0.2, 0.25) is 0 Å². The number of hydrogen-bond donors (Lipinski definition) is 0. The Labute approximate surface area is 165 Å². The zero-order valence-corrected chi connectivity index (χ0v) is 17.1. The van der Waals surface area contributed by atoms with Gasteiger partial charge in [0.25, 0.3) is 0 Å². The van der Waals surface area contributed by atoms with E-state index in [1.165, 1.54) is 0 Å². The van der Waals surface area contributed by atoms with E-state index in [1.54, 1.807) is 14.2 Å². The Morgan fingerprint density at radius 3 is 2.57 bits per heavy atom. The molecular formula is C21H27N5O2. The number of anilines is 1. The van der Waals surface area contributed by atoms with Crippen LogP contribution in [0.3, 0.4) is 0 Å². The Bertz CT molecular complexity index is 992. The van der Waals surface area contributed by atoms with E-state index in [0.717, 1.165) is 53.7 Å². The van der Waals surface area contributed by atoms with Crippen LogP contribution in [0.15, 0.2) is 30.3 Å². The standard InChI is InChI=1S/C21H27N5O2/c1-21(2,3)20-23-22-18-10-11-19(24-26(18)20)25-12-6-7-16(25)15-13-14(27-4)8-9-17(15)28-5/h8-11,13,16H,6-7,12H2,1-5H3. The van der Waals surface area contributed by atoms with Crippen LogP contribution in [0.1, 0.15) is 51.0 Å². The van der Waals surface area contributed by atoms with Crippen molar-refractivity contribution >= 4 is 11.5 Å². The molecule has 0 aliphatic carbocycles. The van der Waals surface area contributed by atoms with Gasteiger partial charge in [-0.05, 0) is 43.2 Å². The van der Waals surface area contributed by atoms with E-state index in [2.05, 4.69) is 41.9 Å². The molecule has 3 heterocycles. The van der Waals surface area contributed by atoms with Crippen LogP contribution in [-0.4, -0.2) is 40.6 Å². The lowest BCUT2D eigenvalue weighted by atomic mass is 9.96. The highest BCUT2D eigenvalue weighted by atomic mass is 16.5. The number of benzene rings is 1. The molecule has 0 amide bonds. The fraction of sp³-hybridized carbons (Fsp3) is 0.476. The van der Waals surface area contributed by atoms with Crippen molar-refractivity contribution in [1.29, 1.82) is 0 Å². The maximum absolute atomic E-state index is 5.64. The second-order valence-corrected chi connectivity index (χ2v) is 8.19. The fourth-order valence-electron chi connectivity index (χ4n) is 3.86. The van der Waals surface area contributed by atoms with Crippen LogP contribution < -0.4 is 14.4 Å². The lowest BCUT2D eigenvalue weighted by Gasteiger charge is -2.27. The third-order valence-corrected chi connectivity index (χ3v) is 5.26. The van der Waals surface area contributed by atoms with E-state index in [-0.39, 0.29) is 11.5 Å². The van der Waals surface area contributed by atoms with Gasteiger partial charge in [0, 0.05) is 17.5 Å². The van der Waals surface area contributed by atoms with Crippen LogP contribution in [0.4, 0.5) is 5.82 Å². The van der Waals surface area contributed by atoms with Crippen molar-refractivity contribution in [3.05, 3.63) is 41.7 Å². The molecule has 4 rings (SSSR count). The molecule has 1 aliphatic heterocycles. The Morgan fingerprint density at radius 2 is 1.86 bits per heavy atom. The van der Waals surface area contributed by atoms with Crippen molar-refractivity contribution in [2.24, 2.45) is 0 Å². The first-order valence-corrected chi connectivity index (χ1v) is 9.64. The number of fused-ring (bicyclic) bond motifs is 1. The maximum Gasteiger partial charge on any atom is 0.178 e. The van der Waals surface area contributed by atoms with E-state index in [4.69, 9.17) is 14.6 Å². The lowest BCUT2D eigenvalue weighted by Crippen LogP contribution is -2.25. The van der Waals surface area contributed by atoms with Gasteiger partial charge in [0.1, 0.15) is 17.3 Å². The summed E-state index contributed by atoms with van der Waals surface area (Å²) in [5, 5.41) is 13.5. The van der Waals surface area contributed by atoms with Gasteiger partial charge in [0.15, 0.2) is 11.5 Å². The monoisotopic (exact) mass is 381 g/mol. The largest absolute Gasteiger partial charge is 0.497 e. The molecule has 1 fully saturated rings. The minimum Gasteiger partial charge on any atom is -0.497 e. The minimum absolute atomic E-state index is 0.133. The van der Waals surface area contributed by atoms with Crippen molar-refractivity contribution in [3.63, 3.8) is 0 Å². The summed E-state index contributed by atoms with van der Waals surface area (Å²) in [6, 6.07) is 10.2. The summed E-state index contributed by atoms with van der Waals surface area (Å²) < 4.78 is 12.9. The van der Waals surface area contributed by atoms with Crippen molar-refractivity contribution in [2.45, 2.75) is 45.1 Å². The average molecular weight is 381 g/mol. The van der Waals surface area contributed by atoms with Crippen LogP contribution in [0, 0.1) is 0 Å². The SMILES string of the molecule is COc1ccc(OC)c(C2CCCN2c2ccc3nnc(C(C)(C)C)n3n2)c1. The summed E-state index contributed by atoms with van der Waals surface area (Å²) in [6.07, 6.45) is 2.14. The van der Waals surface area contributed by atoms with Gasteiger partial charge in [-0.2, -0.15) is 4.52 Å². The fourth-order valence-corrected chi connectivity index (χ4v) is 3.86. The van der Waals surface area contributed by atoms with Crippen molar-refractivity contribution < 1.29 is 9.47 Å². The van der Waals surface area contributed by atoms with Gasteiger partial charge >= 0.3 is 0 Å². The number of aromatic nitrogens is 4. The molecule has 2 aromatic heterocycles.